The van der Waals surface area contributed by atoms with Gasteiger partial charge in [0.2, 0.25) is 0 Å². The molecule has 2 bridgehead atoms. The molecule has 1 N–H and O–H groups in total. The van der Waals surface area contributed by atoms with E-state index in [-0.39, 0.29) is 12.3 Å². The van der Waals surface area contributed by atoms with Gasteiger partial charge in [0.15, 0.2) is 0 Å². The summed E-state index contributed by atoms with van der Waals surface area (Å²) in [6.45, 7) is 0. The van der Waals surface area contributed by atoms with Gasteiger partial charge in [-0.15, -0.1) is 0 Å². The summed E-state index contributed by atoms with van der Waals surface area (Å²) in [5, 5.41) is 9.80. The topological polar surface area (TPSA) is 37.3 Å². The highest BCUT2D eigenvalue weighted by Gasteiger charge is 2.45. The molecule has 3 heteroatoms. The van der Waals surface area contributed by atoms with Crippen LogP contribution in [0.3, 0.4) is 0 Å². The molecule has 4 atom stereocenters. The lowest BCUT2D eigenvalue weighted by atomic mass is 9.77. The van der Waals surface area contributed by atoms with Gasteiger partial charge in [0, 0.05) is 11.4 Å². The van der Waals surface area contributed by atoms with Crippen molar-refractivity contribution in [2.24, 2.45) is 17.8 Å². The van der Waals surface area contributed by atoms with Gasteiger partial charge in [0.05, 0.1) is 0 Å². The SMILES string of the molecule is O=C(O)CC1C2C=CC(C2)C1c1cccc(Cl)c1. The molecule has 0 heterocycles. The molecule has 1 fully saturated rings. The summed E-state index contributed by atoms with van der Waals surface area (Å²) in [4.78, 5) is 11.0. The Morgan fingerprint density at radius 3 is 2.83 bits per heavy atom. The third-order valence-corrected chi connectivity index (χ3v) is 4.50. The van der Waals surface area contributed by atoms with Crippen molar-refractivity contribution in [1.29, 1.82) is 0 Å². The summed E-state index contributed by atoms with van der Waals surface area (Å²) in [6.07, 6.45) is 5.78. The number of carbonyl (C=O) groups is 1. The van der Waals surface area contributed by atoms with Gasteiger partial charge in [-0.05, 0) is 47.8 Å². The largest absolute Gasteiger partial charge is 0.481 e. The van der Waals surface area contributed by atoms with Crippen molar-refractivity contribution in [3.8, 4) is 0 Å². The van der Waals surface area contributed by atoms with Crippen LogP contribution in [0.1, 0.15) is 24.3 Å². The van der Waals surface area contributed by atoms with Gasteiger partial charge in [-0.3, -0.25) is 4.79 Å². The summed E-state index contributed by atoms with van der Waals surface area (Å²) in [5.74, 6) is 0.742. The Hall–Kier alpha value is -1.28. The van der Waals surface area contributed by atoms with Crippen LogP contribution >= 0.6 is 11.6 Å². The van der Waals surface area contributed by atoms with Gasteiger partial charge in [0.1, 0.15) is 0 Å². The Labute approximate surface area is 111 Å². The van der Waals surface area contributed by atoms with E-state index in [1.165, 1.54) is 5.56 Å². The van der Waals surface area contributed by atoms with Crippen molar-refractivity contribution < 1.29 is 9.90 Å². The van der Waals surface area contributed by atoms with E-state index in [2.05, 4.69) is 18.2 Å². The van der Waals surface area contributed by atoms with Crippen LogP contribution in [0.2, 0.25) is 5.02 Å². The van der Waals surface area contributed by atoms with Crippen molar-refractivity contribution in [2.45, 2.75) is 18.8 Å². The summed E-state index contributed by atoms with van der Waals surface area (Å²) in [7, 11) is 0. The zero-order valence-electron chi connectivity index (χ0n) is 9.92. The number of benzene rings is 1. The predicted molar refractivity (Wildman–Crippen MR) is 70.7 cm³/mol. The molecule has 1 aromatic rings. The van der Waals surface area contributed by atoms with Gasteiger partial charge >= 0.3 is 5.97 Å². The summed E-state index contributed by atoms with van der Waals surface area (Å²) < 4.78 is 0. The third kappa shape index (κ3) is 1.95. The molecule has 0 saturated heterocycles. The first-order valence-electron chi connectivity index (χ1n) is 6.31. The van der Waals surface area contributed by atoms with E-state index in [1.807, 2.05) is 18.2 Å². The van der Waals surface area contributed by atoms with E-state index in [0.29, 0.717) is 17.8 Å². The van der Waals surface area contributed by atoms with Gasteiger partial charge in [-0.1, -0.05) is 35.9 Å². The lowest BCUT2D eigenvalue weighted by Crippen LogP contribution is -2.20. The summed E-state index contributed by atoms with van der Waals surface area (Å²) in [5.41, 5.74) is 1.19. The van der Waals surface area contributed by atoms with Crippen LogP contribution in [0.25, 0.3) is 0 Å². The van der Waals surface area contributed by atoms with E-state index in [9.17, 15) is 4.79 Å². The van der Waals surface area contributed by atoms with Gasteiger partial charge in [-0.25, -0.2) is 0 Å². The molecule has 3 rings (SSSR count). The molecular formula is C15H15ClO2. The number of hydrogen-bond donors (Lipinski definition) is 1. The zero-order chi connectivity index (χ0) is 12.7. The zero-order valence-corrected chi connectivity index (χ0v) is 10.7. The van der Waals surface area contributed by atoms with Crippen LogP contribution in [0.5, 0.6) is 0 Å². The minimum atomic E-state index is -0.701. The normalized spacial score (nSPS) is 32.9. The Bertz CT molecular complexity index is 509. The van der Waals surface area contributed by atoms with Crippen LogP contribution in [0.15, 0.2) is 36.4 Å². The fraction of sp³-hybridized carbons (Fsp3) is 0.400. The van der Waals surface area contributed by atoms with Crippen molar-refractivity contribution >= 4 is 17.6 Å². The minimum absolute atomic E-state index is 0.218. The Kier molecular flexibility index (Phi) is 2.90. The second kappa shape index (κ2) is 4.43. The first kappa shape index (κ1) is 11.8. The molecule has 0 aromatic heterocycles. The van der Waals surface area contributed by atoms with Crippen molar-refractivity contribution in [3.63, 3.8) is 0 Å². The average Bonchev–Trinajstić information content (AvgIpc) is 2.88. The minimum Gasteiger partial charge on any atom is -0.481 e. The molecule has 2 aliphatic carbocycles. The molecule has 1 saturated carbocycles. The van der Waals surface area contributed by atoms with Gasteiger partial charge in [0.25, 0.3) is 0 Å². The average molecular weight is 263 g/mol. The Morgan fingerprint density at radius 1 is 1.33 bits per heavy atom. The number of carboxylic acid groups (broad SMARTS) is 1. The lowest BCUT2D eigenvalue weighted by molar-refractivity contribution is -0.138. The first-order chi connectivity index (χ1) is 8.65. The molecule has 18 heavy (non-hydrogen) atoms. The molecule has 0 amide bonds. The second-order valence-corrected chi connectivity index (χ2v) is 5.73. The summed E-state index contributed by atoms with van der Waals surface area (Å²) in [6, 6.07) is 7.86. The fourth-order valence-corrected chi connectivity index (χ4v) is 3.81. The molecule has 0 aliphatic heterocycles. The number of hydrogen-bond acceptors (Lipinski definition) is 1. The molecular weight excluding hydrogens is 248 g/mol. The number of fused-ring (bicyclic) bond motifs is 2. The Morgan fingerprint density at radius 2 is 2.11 bits per heavy atom. The van der Waals surface area contributed by atoms with Crippen molar-refractivity contribution in [3.05, 3.63) is 47.0 Å². The highest BCUT2D eigenvalue weighted by molar-refractivity contribution is 6.30. The highest BCUT2D eigenvalue weighted by atomic mass is 35.5. The summed E-state index contributed by atoms with van der Waals surface area (Å²) >= 11 is 6.04. The number of aliphatic carboxylic acids is 1. The predicted octanol–water partition coefficient (Wildman–Crippen LogP) is 3.72. The molecule has 2 nitrogen and oxygen atoms in total. The van der Waals surface area contributed by atoms with Crippen LogP contribution in [0.4, 0.5) is 0 Å². The van der Waals surface area contributed by atoms with Crippen molar-refractivity contribution in [1.82, 2.24) is 0 Å². The van der Waals surface area contributed by atoms with Crippen LogP contribution in [-0.2, 0) is 4.79 Å². The maximum absolute atomic E-state index is 11.0. The second-order valence-electron chi connectivity index (χ2n) is 5.29. The van der Waals surface area contributed by atoms with E-state index < -0.39 is 5.97 Å². The fourth-order valence-electron chi connectivity index (χ4n) is 3.61. The quantitative estimate of drug-likeness (QED) is 0.843. The van der Waals surface area contributed by atoms with E-state index in [4.69, 9.17) is 16.7 Å². The highest BCUT2D eigenvalue weighted by Crippen LogP contribution is 2.54. The number of halogens is 1. The molecule has 1 aromatic carbocycles. The smallest absolute Gasteiger partial charge is 0.303 e. The van der Waals surface area contributed by atoms with Gasteiger partial charge in [-0.2, -0.15) is 0 Å². The number of carboxylic acids is 1. The number of rotatable bonds is 3. The molecule has 4 unspecified atom stereocenters. The van der Waals surface area contributed by atoms with Gasteiger partial charge < -0.3 is 5.11 Å². The van der Waals surface area contributed by atoms with E-state index in [0.717, 1.165) is 11.4 Å². The molecule has 94 valence electrons. The number of allylic oxidation sites excluding steroid dienone is 2. The molecule has 2 aliphatic rings. The molecule has 0 radical (unpaired) electrons. The first-order valence-corrected chi connectivity index (χ1v) is 6.68. The van der Waals surface area contributed by atoms with Crippen LogP contribution in [0, 0.1) is 17.8 Å². The maximum Gasteiger partial charge on any atom is 0.303 e. The standard InChI is InChI=1S/C15H15ClO2/c16-12-3-1-2-10(7-12)15-11-5-4-9(6-11)13(15)8-14(17)18/h1-5,7,9,11,13,15H,6,8H2,(H,17,18). The monoisotopic (exact) mass is 262 g/mol. The Balaban J connectivity index is 1.94. The van der Waals surface area contributed by atoms with Crippen LogP contribution in [-0.4, -0.2) is 11.1 Å². The van der Waals surface area contributed by atoms with E-state index >= 15 is 0 Å². The van der Waals surface area contributed by atoms with Crippen LogP contribution < -0.4 is 0 Å². The molecule has 0 spiro atoms. The van der Waals surface area contributed by atoms with Crippen molar-refractivity contribution in [2.75, 3.05) is 0 Å². The maximum atomic E-state index is 11.0. The third-order valence-electron chi connectivity index (χ3n) is 4.27. The lowest BCUT2D eigenvalue weighted by Gasteiger charge is -2.27. The van der Waals surface area contributed by atoms with E-state index in [1.54, 1.807) is 0 Å².